The fraction of sp³-hybridized carbons (Fsp3) is 0.583. The number of halogens is 1. The zero-order valence-corrected chi connectivity index (χ0v) is 12.2. The van der Waals surface area contributed by atoms with Gasteiger partial charge in [0.1, 0.15) is 16.8 Å². The van der Waals surface area contributed by atoms with Crippen LogP contribution in [0.15, 0.2) is 0 Å². The van der Waals surface area contributed by atoms with Crippen molar-refractivity contribution in [2.24, 2.45) is 0 Å². The third-order valence-corrected chi connectivity index (χ3v) is 2.64. The van der Waals surface area contributed by atoms with Gasteiger partial charge in [-0.2, -0.15) is 0 Å². The third kappa shape index (κ3) is 5.50. The molecule has 1 aromatic heterocycles. The number of nitrogens with one attached hydrogen (secondary N) is 1. The molecule has 0 spiro atoms. The van der Waals surface area contributed by atoms with Crippen LogP contribution in [0.3, 0.4) is 0 Å². The van der Waals surface area contributed by atoms with Gasteiger partial charge in [0.05, 0.1) is 18.8 Å². The first-order valence-electron chi connectivity index (χ1n) is 6.00. The van der Waals surface area contributed by atoms with Gasteiger partial charge in [0.2, 0.25) is 0 Å². The topological polar surface area (TPSA) is 67.3 Å². The van der Waals surface area contributed by atoms with Crippen molar-refractivity contribution in [3.63, 3.8) is 0 Å². The lowest BCUT2D eigenvalue weighted by Crippen LogP contribution is -2.20. The molecule has 0 unspecified atom stereocenters. The maximum absolute atomic E-state index is 10.9. The lowest BCUT2D eigenvalue weighted by atomic mass is 10.3. The zero-order chi connectivity index (χ0) is 14.3. The van der Waals surface area contributed by atoms with Gasteiger partial charge in [-0.15, -0.1) is 0 Å². The second-order valence-electron chi connectivity index (χ2n) is 4.28. The maximum atomic E-state index is 10.9. The SMILES string of the molecule is Cc1nc(Cl)c(C=O)c(NCCOCCN(C)C)n1. The van der Waals surface area contributed by atoms with E-state index in [4.69, 9.17) is 16.3 Å². The fourth-order valence-corrected chi connectivity index (χ4v) is 1.63. The summed E-state index contributed by atoms with van der Waals surface area (Å²) in [7, 11) is 3.98. The van der Waals surface area contributed by atoms with Gasteiger partial charge in [-0.3, -0.25) is 4.79 Å². The summed E-state index contributed by atoms with van der Waals surface area (Å²) in [5.74, 6) is 0.968. The van der Waals surface area contributed by atoms with Crippen molar-refractivity contribution < 1.29 is 9.53 Å². The molecule has 0 aliphatic carbocycles. The van der Waals surface area contributed by atoms with Crippen molar-refractivity contribution >= 4 is 23.7 Å². The maximum Gasteiger partial charge on any atom is 0.156 e. The average molecular weight is 287 g/mol. The molecule has 0 saturated carbocycles. The highest BCUT2D eigenvalue weighted by atomic mass is 35.5. The average Bonchev–Trinajstić information content (AvgIpc) is 2.32. The molecule has 7 heteroatoms. The summed E-state index contributed by atoms with van der Waals surface area (Å²) in [6.07, 6.45) is 0.650. The molecule has 1 aromatic rings. The predicted octanol–water partition coefficient (Wildman–Crippen LogP) is 1.24. The normalized spacial score (nSPS) is 10.8. The van der Waals surface area contributed by atoms with E-state index < -0.39 is 0 Å². The molecule has 106 valence electrons. The molecule has 0 fully saturated rings. The number of carbonyl (C=O) groups is 1. The Bertz CT molecular complexity index is 426. The first-order chi connectivity index (χ1) is 9.04. The first-order valence-corrected chi connectivity index (χ1v) is 6.38. The standard InChI is InChI=1S/C12H19ClN4O2/c1-9-15-11(13)10(8-18)12(16-9)14-4-6-19-7-5-17(2)3/h8H,4-7H2,1-3H3,(H,14,15,16). The molecule has 0 aliphatic heterocycles. The van der Waals surface area contributed by atoms with Crippen molar-refractivity contribution in [1.29, 1.82) is 0 Å². The molecule has 0 bridgehead atoms. The summed E-state index contributed by atoms with van der Waals surface area (Å²) in [5, 5.41) is 3.19. The van der Waals surface area contributed by atoms with E-state index in [9.17, 15) is 4.79 Å². The fourth-order valence-electron chi connectivity index (χ4n) is 1.38. The number of rotatable bonds is 8. The second-order valence-corrected chi connectivity index (χ2v) is 4.64. The lowest BCUT2D eigenvalue weighted by molar-refractivity contribution is 0.112. The van der Waals surface area contributed by atoms with Crippen LogP contribution >= 0.6 is 11.6 Å². The summed E-state index contributed by atoms with van der Waals surface area (Å²) in [6, 6.07) is 0. The summed E-state index contributed by atoms with van der Waals surface area (Å²) < 4.78 is 5.43. The van der Waals surface area contributed by atoms with E-state index in [1.165, 1.54) is 0 Å². The van der Waals surface area contributed by atoms with Crippen LogP contribution in [0.1, 0.15) is 16.2 Å². The van der Waals surface area contributed by atoms with Crippen LogP contribution in [-0.2, 0) is 4.74 Å². The van der Waals surface area contributed by atoms with Crippen LogP contribution in [0, 0.1) is 6.92 Å². The Balaban J connectivity index is 2.43. The van der Waals surface area contributed by atoms with E-state index in [0.717, 1.165) is 6.54 Å². The van der Waals surface area contributed by atoms with Crippen LogP contribution in [0.4, 0.5) is 5.82 Å². The summed E-state index contributed by atoms with van der Waals surface area (Å²) >= 11 is 5.87. The second kappa shape index (κ2) is 8.04. The van der Waals surface area contributed by atoms with E-state index in [0.29, 0.717) is 37.7 Å². The number of hydrogen-bond acceptors (Lipinski definition) is 6. The van der Waals surface area contributed by atoms with Crippen molar-refractivity contribution in [2.75, 3.05) is 45.7 Å². The van der Waals surface area contributed by atoms with Crippen molar-refractivity contribution in [2.45, 2.75) is 6.92 Å². The van der Waals surface area contributed by atoms with Gasteiger partial charge in [-0.1, -0.05) is 11.6 Å². The Hall–Kier alpha value is -1.24. The van der Waals surface area contributed by atoms with Crippen LogP contribution < -0.4 is 5.32 Å². The third-order valence-electron chi connectivity index (χ3n) is 2.35. The number of hydrogen-bond donors (Lipinski definition) is 1. The molecule has 0 radical (unpaired) electrons. The molecule has 0 amide bonds. The minimum Gasteiger partial charge on any atom is -0.378 e. The molecule has 6 nitrogen and oxygen atoms in total. The van der Waals surface area contributed by atoms with E-state index >= 15 is 0 Å². The first kappa shape index (κ1) is 15.8. The smallest absolute Gasteiger partial charge is 0.156 e. The quantitative estimate of drug-likeness (QED) is 0.441. The molecule has 0 atom stereocenters. The highest BCUT2D eigenvalue weighted by Gasteiger charge is 2.10. The number of aryl methyl sites for hydroxylation is 1. The minimum absolute atomic E-state index is 0.165. The van der Waals surface area contributed by atoms with Gasteiger partial charge >= 0.3 is 0 Å². The number of likely N-dealkylation sites (N-methyl/N-ethyl adjacent to an activating group) is 1. The Morgan fingerprint density at radius 3 is 2.74 bits per heavy atom. The molecule has 0 aromatic carbocycles. The number of ether oxygens (including phenoxy) is 1. The van der Waals surface area contributed by atoms with E-state index in [-0.39, 0.29) is 10.7 Å². The van der Waals surface area contributed by atoms with Gasteiger partial charge < -0.3 is 15.0 Å². The molecule has 0 saturated heterocycles. The van der Waals surface area contributed by atoms with Gasteiger partial charge in [-0.05, 0) is 21.0 Å². The molecule has 1 N–H and O–H groups in total. The Kier molecular flexibility index (Phi) is 6.69. The molecule has 0 aliphatic rings. The molecular formula is C12H19ClN4O2. The number of carbonyl (C=O) groups excluding carboxylic acids is 1. The lowest BCUT2D eigenvalue weighted by Gasteiger charge is -2.11. The largest absolute Gasteiger partial charge is 0.378 e. The van der Waals surface area contributed by atoms with Gasteiger partial charge in [0.25, 0.3) is 0 Å². The monoisotopic (exact) mass is 286 g/mol. The Labute approximate surface area is 118 Å². The van der Waals surface area contributed by atoms with Crippen LogP contribution in [0.5, 0.6) is 0 Å². The van der Waals surface area contributed by atoms with Crippen LogP contribution in [0.2, 0.25) is 5.15 Å². The highest BCUT2D eigenvalue weighted by molar-refractivity contribution is 6.32. The zero-order valence-electron chi connectivity index (χ0n) is 11.4. The van der Waals surface area contributed by atoms with Gasteiger partial charge in [0.15, 0.2) is 6.29 Å². The molecular weight excluding hydrogens is 268 g/mol. The number of nitrogens with zero attached hydrogens (tertiary/aromatic N) is 3. The molecule has 19 heavy (non-hydrogen) atoms. The molecule has 1 heterocycles. The van der Waals surface area contributed by atoms with Crippen molar-refractivity contribution in [1.82, 2.24) is 14.9 Å². The minimum atomic E-state index is 0.165. The summed E-state index contributed by atoms with van der Waals surface area (Å²) in [6.45, 7) is 4.35. The summed E-state index contributed by atoms with van der Waals surface area (Å²) in [5.41, 5.74) is 0.278. The summed E-state index contributed by atoms with van der Waals surface area (Å²) in [4.78, 5) is 21.1. The predicted molar refractivity (Wildman–Crippen MR) is 75.0 cm³/mol. The van der Waals surface area contributed by atoms with Gasteiger partial charge in [-0.25, -0.2) is 9.97 Å². The molecule has 1 rings (SSSR count). The van der Waals surface area contributed by atoms with Crippen molar-refractivity contribution in [3.05, 3.63) is 16.5 Å². The highest BCUT2D eigenvalue weighted by Crippen LogP contribution is 2.18. The van der Waals surface area contributed by atoms with E-state index in [2.05, 4.69) is 15.3 Å². The number of aromatic nitrogens is 2. The number of aldehydes is 1. The van der Waals surface area contributed by atoms with Crippen LogP contribution in [0.25, 0.3) is 0 Å². The van der Waals surface area contributed by atoms with E-state index in [1.807, 2.05) is 19.0 Å². The van der Waals surface area contributed by atoms with E-state index in [1.54, 1.807) is 6.92 Å². The Morgan fingerprint density at radius 1 is 1.37 bits per heavy atom. The Morgan fingerprint density at radius 2 is 2.11 bits per heavy atom. The number of anilines is 1. The van der Waals surface area contributed by atoms with Gasteiger partial charge in [0, 0.05) is 13.1 Å². The van der Waals surface area contributed by atoms with Crippen LogP contribution in [-0.4, -0.2) is 61.6 Å². The van der Waals surface area contributed by atoms with Crippen molar-refractivity contribution in [3.8, 4) is 0 Å².